The molecule has 1 saturated heterocycles. The molecule has 5 rings (SSSR count). The number of amides is 3. The van der Waals surface area contributed by atoms with Crippen LogP contribution in [0.15, 0.2) is 72.8 Å². The zero-order chi connectivity index (χ0) is 28.4. The molecule has 3 amide bonds. The Morgan fingerprint density at radius 2 is 1.13 bits per heavy atom. The van der Waals surface area contributed by atoms with Gasteiger partial charge in [-0.05, 0) is 42.5 Å². The van der Waals surface area contributed by atoms with Gasteiger partial charge in [0.15, 0.2) is 0 Å². The number of carbonyl (C=O) groups is 3. The number of anilines is 1. The minimum atomic E-state index is -0.971. The first-order chi connectivity index (χ1) is 18.6. The summed E-state index contributed by atoms with van der Waals surface area (Å²) in [6.45, 7) is 13.5. The van der Waals surface area contributed by atoms with E-state index >= 15 is 0 Å². The van der Waals surface area contributed by atoms with Gasteiger partial charge in [0.2, 0.25) is 0 Å². The molecular weight excluding hydrogens is 544 g/mol. The molecule has 2 heterocycles. The third-order valence-electron chi connectivity index (χ3n) is 5.98. The molecule has 3 aromatic rings. The minimum absolute atomic E-state index is 0. The van der Waals surface area contributed by atoms with Crippen molar-refractivity contribution in [1.29, 1.82) is 0 Å². The number of hydrogen-bond donors (Lipinski definition) is 0. The maximum Gasteiger partial charge on any atom is 0 e. The summed E-state index contributed by atoms with van der Waals surface area (Å²) in [6, 6.07) is 19.5. The quantitative estimate of drug-likeness (QED) is 0.203. The van der Waals surface area contributed by atoms with E-state index in [0.717, 1.165) is 4.90 Å². The van der Waals surface area contributed by atoms with Crippen molar-refractivity contribution in [2.45, 2.75) is 12.1 Å². The van der Waals surface area contributed by atoms with Crippen molar-refractivity contribution in [2.75, 3.05) is 19.1 Å². The van der Waals surface area contributed by atoms with E-state index in [0.29, 0.717) is 33.9 Å². The van der Waals surface area contributed by atoms with Gasteiger partial charge < -0.3 is 14.4 Å². The van der Waals surface area contributed by atoms with Crippen molar-refractivity contribution in [3.8, 4) is 11.5 Å². The van der Waals surface area contributed by atoms with Gasteiger partial charge in [0, 0.05) is 28.6 Å². The van der Waals surface area contributed by atoms with Crippen LogP contribution in [0.4, 0.5) is 5.69 Å². The standard InChI is InChI=1S/C25H20N2O5.3CO.Cr/c1-31-16-13-11-15(12-14-16)26-21(19-9-5-6-10-20(19)32-2)22(25(26)30)27-23(28)17-7-3-4-8-18(17)24(27)29;3*1-2;/h3-14,21-22H,1-2H3;;;;/t21-,22+;;;;/m1..../s1. The number of β-lactam (4-membered cyclic amide) rings is 1. The van der Waals surface area contributed by atoms with E-state index in [4.69, 9.17) is 23.4 Å². The topological polar surface area (TPSA) is 136 Å². The number of imide groups is 1. The van der Waals surface area contributed by atoms with Crippen LogP contribution in [-0.2, 0) is 36.1 Å². The van der Waals surface area contributed by atoms with Gasteiger partial charge in [-0.15, -0.1) is 0 Å². The fraction of sp³-hybridized carbons (Fsp3) is 0.143. The Balaban J connectivity index is 0.00000102. The molecule has 2 aliphatic rings. The molecular formula is C28H20CrN2O8. The predicted molar refractivity (Wildman–Crippen MR) is 129 cm³/mol. The van der Waals surface area contributed by atoms with Crippen molar-refractivity contribution in [2.24, 2.45) is 0 Å². The van der Waals surface area contributed by atoms with Crippen LogP contribution in [0.3, 0.4) is 0 Å². The molecule has 3 aromatic carbocycles. The van der Waals surface area contributed by atoms with E-state index in [1.165, 1.54) is 0 Å². The molecule has 0 N–H and O–H groups in total. The van der Waals surface area contributed by atoms with Gasteiger partial charge in [-0.3, -0.25) is 19.3 Å². The molecule has 2 atom stereocenters. The van der Waals surface area contributed by atoms with Crippen LogP contribution in [0.1, 0.15) is 32.3 Å². The Labute approximate surface area is 235 Å². The number of nitrogens with zero attached hydrogens (tertiary/aromatic N) is 2. The maximum absolute atomic E-state index is 13.4. The van der Waals surface area contributed by atoms with E-state index in [9.17, 15) is 14.4 Å². The van der Waals surface area contributed by atoms with Crippen LogP contribution >= 0.6 is 0 Å². The first-order valence-electron chi connectivity index (χ1n) is 10.7. The van der Waals surface area contributed by atoms with Crippen molar-refractivity contribution in [3.63, 3.8) is 0 Å². The number of methoxy groups -OCH3 is 2. The van der Waals surface area contributed by atoms with Gasteiger partial charge in [0.25, 0.3) is 17.7 Å². The second-order valence-electron chi connectivity index (χ2n) is 7.56. The minimum Gasteiger partial charge on any atom is 0 e. The summed E-state index contributed by atoms with van der Waals surface area (Å²) < 4.78 is 33.3. The third-order valence-corrected chi connectivity index (χ3v) is 5.98. The molecule has 0 saturated carbocycles. The summed E-state index contributed by atoms with van der Waals surface area (Å²) in [6.07, 6.45) is 0. The summed E-state index contributed by atoms with van der Waals surface area (Å²) in [4.78, 5) is 42.4. The van der Waals surface area contributed by atoms with Crippen LogP contribution in [0, 0.1) is 20.0 Å². The van der Waals surface area contributed by atoms with Crippen LogP contribution in [-0.4, -0.2) is 42.9 Å². The summed E-state index contributed by atoms with van der Waals surface area (Å²) >= 11 is 0. The first-order valence-corrected chi connectivity index (χ1v) is 10.7. The second kappa shape index (κ2) is 15.1. The van der Waals surface area contributed by atoms with Crippen molar-refractivity contribution in [1.82, 2.24) is 4.90 Å². The van der Waals surface area contributed by atoms with Crippen molar-refractivity contribution >= 4 is 23.4 Å². The summed E-state index contributed by atoms with van der Waals surface area (Å²) in [5.74, 6) is -0.0189. The normalized spacial score (nSPS) is 16.3. The zero-order valence-corrected chi connectivity index (χ0v) is 21.9. The molecule has 0 spiro atoms. The molecule has 0 radical (unpaired) electrons. The molecule has 0 bridgehead atoms. The summed E-state index contributed by atoms with van der Waals surface area (Å²) in [5.41, 5.74) is 1.98. The number of ether oxygens (including phenoxy) is 2. The Hall–Kier alpha value is -4.38. The summed E-state index contributed by atoms with van der Waals surface area (Å²) in [7, 11) is 3.12. The maximum atomic E-state index is 13.4. The van der Waals surface area contributed by atoms with Crippen molar-refractivity contribution in [3.05, 3.63) is 109 Å². The number of rotatable bonds is 5. The molecule has 196 valence electrons. The molecule has 11 heteroatoms. The molecule has 39 heavy (non-hydrogen) atoms. The smallest absolute Gasteiger partial charge is 0 e. The Bertz CT molecular complexity index is 1330. The molecule has 0 unspecified atom stereocenters. The molecule has 2 aliphatic heterocycles. The largest absolute Gasteiger partial charge is 0 e. The number of hydrogen-bond acceptors (Lipinski definition) is 5. The number of fused-ring (bicyclic) bond motifs is 1. The Kier molecular flexibility index (Phi) is 12.7. The van der Waals surface area contributed by atoms with E-state index in [1.807, 2.05) is 18.2 Å². The number of para-hydroxylation sites is 1. The average Bonchev–Trinajstić information content (AvgIpc) is 3.24. The fourth-order valence-electron chi connectivity index (χ4n) is 4.44. The SMILES string of the molecule is COc1ccc(N2C(=O)[C@@H](N3C(=O)c4ccccc4C3=O)[C@H]2c2ccccc2OC)cc1.[C-]#[O+].[C-]#[O+].[C-]#[O+].[Cr]. The van der Waals surface area contributed by atoms with E-state index in [-0.39, 0.29) is 23.3 Å². The van der Waals surface area contributed by atoms with E-state index < -0.39 is 23.9 Å². The van der Waals surface area contributed by atoms with Gasteiger partial charge in [-0.25, -0.2) is 0 Å². The van der Waals surface area contributed by atoms with Crippen LogP contribution in [0.2, 0.25) is 0 Å². The predicted octanol–water partition coefficient (Wildman–Crippen LogP) is 3.34. The van der Waals surface area contributed by atoms with E-state index in [2.05, 4.69) is 20.0 Å². The van der Waals surface area contributed by atoms with Crippen LogP contribution in [0.25, 0.3) is 0 Å². The Morgan fingerprint density at radius 3 is 1.62 bits per heavy atom. The van der Waals surface area contributed by atoms with Crippen molar-refractivity contribution < 1.29 is 55.2 Å². The number of carbonyl (C=O) groups excluding carboxylic acids is 3. The molecule has 0 aliphatic carbocycles. The second-order valence-corrected chi connectivity index (χ2v) is 7.56. The van der Waals surface area contributed by atoms with Gasteiger partial charge in [-0.2, -0.15) is 0 Å². The first kappa shape index (κ1) is 32.7. The molecule has 1 fully saturated rings. The fourth-order valence-corrected chi connectivity index (χ4v) is 4.44. The van der Waals surface area contributed by atoms with Gasteiger partial charge >= 0.3 is 33.9 Å². The Morgan fingerprint density at radius 1 is 0.641 bits per heavy atom. The van der Waals surface area contributed by atoms with Crippen LogP contribution < -0.4 is 14.4 Å². The van der Waals surface area contributed by atoms with Gasteiger partial charge in [0.1, 0.15) is 17.5 Å². The van der Waals surface area contributed by atoms with E-state index in [1.54, 1.807) is 73.7 Å². The zero-order valence-electron chi connectivity index (χ0n) is 20.7. The molecule has 10 nitrogen and oxygen atoms in total. The molecule has 0 aromatic heterocycles. The van der Waals surface area contributed by atoms with Gasteiger partial charge in [0.05, 0.1) is 31.4 Å². The summed E-state index contributed by atoms with van der Waals surface area (Å²) in [5, 5.41) is 0. The monoisotopic (exact) mass is 564 g/mol. The van der Waals surface area contributed by atoms with Crippen LogP contribution in [0.5, 0.6) is 11.5 Å². The third kappa shape index (κ3) is 5.88. The average molecular weight is 564 g/mol. The van der Waals surface area contributed by atoms with Gasteiger partial charge in [-0.1, -0.05) is 30.3 Å². The number of benzene rings is 3.